The second-order valence-electron chi connectivity index (χ2n) is 5.72. The van der Waals surface area contributed by atoms with Gasteiger partial charge in [0.2, 0.25) is 0 Å². The van der Waals surface area contributed by atoms with E-state index in [1.807, 2.05) is 6.92 Å². The van der Waals surface area contributed by atoms with Crippen LogP contribution in [0.15, 0.2) is 47.4 Å². The fraction of sp³-hybridized carbons (Fsp3) is 0.235. The monoisotopic (exact) mass is 328 g/mol. The maximum absolute atomic E-state index is 12.5. The van der Waals surface area contributed by atoms with E-state index in [4.69, 9.17) is 15.2 Å². The Balaban J connectivity index is 1.95. The molecule has 23 heavy (non-hydrogen) atoms. The van der Waals surface area contributed by atoms with Crippen LogP contribution < -0.4 is 5.73 Å². The van der Waals surface area contributed by atoms with Crippen LogP contribution in [0, 0.1) is 18.3 Å². The summed E-state index contributed by atoms with van der Waals surface area (Å²) in [6, 6.07) is 13.5. The van der Waals surface area contributed by atoms with Gasteiger partial charge < -0.3 is 0 Å². The van der Waals surface area contributed by atoms with Crippen molar-refractivity contribution >= 4 is 10.1 Å². The molecule has 0 amide bonds. The second kappa shape index (κ2) is 5.46. The Morgan fingerprint density at radius 3 is 2.57 bits per heavy atom. The quantitative estimate of drug-likeness (QED) is 0.689. The molecular formula is C17H16N2O3S. The number of nitrogens with two attached hydrogens (primary N) is 1. The lowest BCUT2D eigenvalue weighted by Crippen LogP contribution is -2.39. The highest BCUT2D eigenvalue weighted by molar-refractivity contribution is 7.86. The molecule has 0 aromatic heterocycles. The summed E-state index contributed by atoms with van der Waals surface area (Å²) in [7, 11) is -3.97. The lowest BCUT2D eigenvalue weighted by molar-refractivity contribution is 0.0836. The summed E-state index contributed by atoms with van der Waals surface area (Å²) in [5, 5.41) is 8.95. The van der Waals surface area contributed by atoms with Gasteiger partial charge in [-0.05, 0) is 49.6 Å². The zero-order chi connectivity index (χ0) is 16.7. The molecule has 0 aliphatic heterocycles. The van der Waals surface area contributed by atoms with Crippen LogP contribution in [-0.2, 0) is 26.4 Å². The minimum absolute atomic E-state index is 0.0787. The number of hydrogen-bond acceptors (Lipinski definition) is 5. The molecule has 1 aliphatic carbocycles. The van der Waals surface area contributed by atoms with Gasteiger partial charge in [-0.25, -0.2) is 4.18 Å². The van der Waals surface area contributed by atoms with Gasteiger partial charge in [-0.15, -0.1) is 0 Å². The molecule has 1 aliphatic rings. The van der Waals surface area contributed by atoms with E-state index in [1.54, 1.807) is 30.3 Å². The van der Waals surface area contributed by atoms with Crippen molar-refractivity contribution in [1.29, 1.82) is 5.26 Å². The number of benzene rings is 2. The van der Waals surface area contributed by atoms with Gasteiger partial charge in [-0.2, -0.15) is 13.7 Å². The molecular weight excluding hydrogens is 312 g/mol. The number of aryl methyl sites for hydroxylation is 2. The standard InChI is InChI=1S/C17H16N2O3S/c1-12-2-5-15(6-3-12)23(20,21)22-17(19)9-8-14-10-13(11-18)4-7-16(14)17/h2-7,10H,8-9,19H2,1H3/t17-/m1/s1. The average Bonchev–Trinajstić information content (AvgIpc) is 2.83. The Bertz CT molecular complexity index is 898. The summed E-state index contributed by atoms with van der Waals surface area (Å²) < 4.78 is 30.3. The van der Waals surface area contributed by atoms with E-state index < -0.39 is 15.8 Å². The van der Waals surface area contributed by atoms with Crippen LogP contribution in [0.5, 0.6) is 0 Å². The highest BCUT2D eigenvalue weighted by Gasteiger charge is 2.40. The smallest absolute Gasteiger partial charge is 0.298 e. The molecule has 0 unspecified atom stereocenters. The third-order valence-electron chi connectivity index (χ3n) is 4.02. The summed E-state index contributed by atoms with van der Waals surface area (Å²) in [5.41, 5.74) is 7.79. The summed E-state index contributed by atoms with van der Waals surface area (Å²) >= 11 is 0. The van der Waals surface area contributed by atoms with Crippen molar-refractivity contribution in [3.05, 3.63) is 64.7 Å². The van der Waals surface area contributed by atoms with Crippen LogP contribution in [0.4, 0.5) is 0 Å². The van der Waals surface area contributed by atoms with Gasteiger partial charge in [0, 0.05) is 5.56 Å². The fourth-order valence-corrected chi connectivity index (χ4v) is 3.90. The number of hydrogen-bond donors (Lipinski definition) is 1. The minimum Gasteiger partial charge on any atom is -0.298 e. The van der Waals surface area contributed by atoms with Crippen LogP contribution in [-0.4, -0.2) is 8.42 Å². The Morgan fingerprint density at radius 1 is 1.22 bits per heavy atom. The molecule has 3 rings (SSSR count). The first-order valence-corrected chi connectivity index (χ1v) is 8.60. The van der Waals surface area contributed by atoms with Gasteiger partial charge in [0.1, 0.15) is 0 Å². The molecule has 0 bridgehead atoms. The lowest BCUT2D eigenvalue weighted by atomic mass is 10.0. The summed E-state index contributed by atoms with van der Waals surface area (Å²) in [6.07, 6.45) is 0.924. The Hall–Kier alpha value is -2.20. The van der Waals surface area contributed by atoms with Gasteiger partial charge in [0.25, 0.3) is 10.1 Å². The SMILES string of the molecule is Cc1ccc(S(=O)(=O)O[C@]2(N)CCc3cc(C#N)ccc32)cc1. The predicted molar refractivity (Wildman–Crippen MR) is 84.8 cm³/mol. The largest absolute Gasteiger partial charge is 0.299 e. The summed E-state index contributed by atoms with van der Waals surface area (Å²) in [5.74, 6) is 0. The lowest BCUT2D eigenvalue weighted by Gasteiger charge is -2.25. The number of nitriles is 1. The Labute approximate surface area is 135 Å². The number of fused-ring (bicyclic) bond motifs is 1. The molecule has 0 radical (unpaired) electrons. The third-order valence-corrected chi connectivity index (χ3v) is 5.39. The van der Waals surface area contributed by atoms with E-state index in [0.29, 0.717) is 24.0 Å². The van der Waals surface area contributed by atoms with E-state index in [1.165, 1.54) is 12.1 Å². The highest BCUT2D eigenvalue weighted by Crippen LogP contribution is 2.38. The average molecular weight is 328 g/mol. The van der Waals surface area contributed by atoms with Crippen molar-refractivity contribution in [1.82, 2.24) is 0 Å². The van der Waals surface area contributed by atoms with Gasteiger partial charge in [0.05, 0.1) is 16.5 Å². The molecule has 0 heterocycles. The first kappa shape index (κ1) is 15.7. The Kier molecular flexibility index (Phi) is 3.72. The van der Waals surface area contributed by atoms with Crippen molar-refractivity contribution in [2.75, 3.05) is 0 Å². The maximum atomic E-state index is 12.5. The van der Waals surface area contributed by atoms with Gasteiger partial charge >= 0.3 is 0 Å². The van der Waals surface area contributed by atoms with E-state index >= 15 is 0 Å². The van der Waals surface area contributed by atoms with Crippen molar-refractivity contribution in [3.63, 3.8) is 0 Å². The number of nitrogens with zero attached hydrogens (tertiary/aromatic N) is 1. The molecule has 2 aromatic rings. The number of rotatable bonds is 3. The summed E-state index contributed by atoms with van der Waals surface area (Å²) in [6.45, 7) is 1.88. The van der Waals surface area contributed by atoms with Crippen LogP contribution in [0.2, 0.25) is 0 Å². The molecule has 0 saturated carbocycles. The van der Waals surface area contributed by atoms with Crippen molar-refractivity contribution < 1.29 is 12.6 Å². The van der Waals surface area contributed by atoms with Crippen molar-refractivity contribution in [2.24, 2.45) is 5.73 Å². The maximum Gasteiger partial charge on any atom is 0.299 e. The third kappa shape index (κ3) is 2.86. The minimum atomic E-state index is -3.97. The van der Waals surface area contributed by atoms with Crippen LogP contribution in [0.25, 0.3) is 0 Å². The first-order chi connectivity index (χ1) is 10.8. The molecule has 0 saturated heterocycles. The van der Waals surface area contributed by atoms with Crippen molar-refractivity contribution in [3.8, 4) is 6.07 Å². The zero-order valence-corrected chi connectivity index (χ0v) is 13.4. The second-order valence-corrected chi connectivity index (χ2v) is 7.27. The fourth-order valence-electron chi connectivity index (χ4n) is 2.77. The predicted octanol–water partition coefficient (Wildman–Crippen LogP) is 2.33. The zero-order valence-electron chi connectivity index (χ0n) is 12.6. The first-order valence-electron chi connectivity index (χ1n) is 7.19. The van der Waals surface area contributed by atoms with Gasteiger partial charge in [-0.1, -0.05) is 23.8 Å². The van der Waals surface area contributed by atoms with Crippen LogP contribution >= 0.6 is 0 Å². The van der Waals surface area contributed by atoms with Crippen molar-refractivity contribution in [2.45, 2.75) is 30.4 Å². The Morgan fingerprint density at radius 2 is 1.91 bits per heavy atom. The molecule has 2 N–H and O–H groups in total. The molecule has 0 fully saturated rings. The van der Waals surface area contributed by atoms with Crippen LogP contribution in [0.1, 0.15) is 28.7 Å². The molecule has 1 atom stereocenters. The van der Waals surface area contributed by atoms with E-state index in [2.05, 4.69) is 6.07 Å². The van der Waals surface area contributed by atoms with E-state index in [0.717, 1.165) is 11.1 Å². The van der Waals surface area contributed by atoms with Gasteiger partial charge in [0.15, 0.2) is 5.72 Å². The molecule has 6 heteroatoms. The highest BCUT2D eigenvalue weighted by atomic mass is 32.2. The van der Waals surface area contributed by atoms with E-state index in [9.17, 15) is 8.42 Å². The van der Waals surface area contributed by atoms with Gasteiger partial charge in [-0.3, -0.25) is 5.73 Å². The van der Waals surface area contributed by atoms with Crippen LogP contribution in [0.3, 0.4) is 0 Å². The summed E-state index contributed by atoms with van der Waals surface area (Å²) in [4.78, 5) is 0.0787. The molecule has 2 aromatic carbocycles. The van der Waals surface area contributed by atoms with E-state index in [-0.39, 0.29) is 4.90 Å². The molecule has 0 spiro atoms. The molecule has 5 nitrogen and oxygen atoms in total. The topological polar surface area (TPSA) is 93.2 Å². The normalized spacial score (nSPS) is 20.0. The molecule has 118 valence electrons.